The summed E-state index contributed by atoms with van der Waals surface area (Å²) in [7, 11) is -4.27. The summed E-state index contributed by atoms with van der Waals surface area (Å²) in [5, 5.41) is -0.0474. The van der Waals surface area contributed by atoms with Gasteiger partial charge >= 0.3 is 11.9 Å². The van der Waals surface area contributed by atoms with E-state index in [0.29, 0.717) is 17.1 Å². The number of carbonyl (C=O) groups excluding carboxylic acids is 4. The number of sulfonamides is 1. The molecule has 5 atom stereocenters. The molecule has 2 bridgehead atoms. The first-order valence-corrected chi connectivity index (χ1v) is 13.8. The first kappa shape index (κ1) is 25.4. The van der Waals surface area contributed by atoms with Gasteiger partial charge < -0.3 is 9.47 Å². The van der Waals surface area contributed by atoms with Crippen LogP contribution in [-0.4, -0.2) is 60.7 Å². The molecule has 1 heterocycles. The normalized spacial score (nSPS) is 27.1. The quantitative estimate of drug-likeness (QED) is 0.208. The highest BCUT2D eigenvalue weighted by Crippen LogP contribution is 2.59. The molecule has 4 rings (SSSR count). The van der Waals surface area contributed by atoms with Gasteiger partial charge in [-0.3, -0.25) is 14.4 Å². The zero-order valence-corrected chi connectivity index (χ0v) is 21.1. The molecule has 1 aromatic rings. The van der Waals surface area contributed by atoms with E-state index in [1.807, 2.05) is 6.92 Å². The van der Waals surface area contributed by atoms with Crippen molar-refractivity contribution in [1.82, 2.24) is 4.31 Å². The summed E-state index contributed by atoms with van der Waals surface area (Å²) in [4.78, 5) is 49.6. The Kier molecular flexibility index (Phi) is 7.10. The molecule has 188 valence electrons. The number of hydrogen-bond acceptors (Lipinski definition) is 9. The van der Waals surface area contributed by atoms with Crippen molar-refractivity contribution in [3.8, 4) is 0 Å². The van der Waals surface area contributed by atoms with Crippen molar-refractivity contribution in [2.24, 2.45) is 23.7 Å². The van der Waals surface area contributed by atoms with E-state index >= 15 is 0 Å². The minimum Gasteiger partial charge on any atom is -0.461 e. The highest BCUT2D eigenvalue weighted by Gasteiger charge is 2.66. The Bertz CT molecular complexity index is 1180. The molecule has 3 fully saturated rings. The van der Waals surface area contributed by atoms with E-state index in [0.717, 1.165) is 5.56 Å². The van der Waals surface area contributed by atoms with Crippen LogP contribution >= 0.6 is 11.8 Å². The van der Waals surface area contributed by atoms with Gasteiger partial charge in [-0.15, -0.1) is 11.8 Å². The minimum atomic E-state index is -4.27. The van der Waals surface area contributed by atoms with Gasteiger partial charge in [0.2, 0.25) is 11.8 Å². The van der Waals surface area contributed by atoms with Crippen LogP contribution in [0.4, 0.5) is 0 Å². The molecule has 0 radical (unpaired) electrons. The molecule has 1 saturated heterocycles. The fourth-order valence-electron chi connectivity index (χ4n) is 5.25. The molecule has 2 amide bonds. The lowest BCUT2D eigenvalue weighted by atomic mass is 9.81. The van der Waals surface area contributed by atoms with Crippen molar-refractivity contribution in [1.29, 1.82) is 0 Å². The Morgan fingerprint density at radius 3 is 2.34 bits per heavy atom. The number of fused-ring (bicyclic) bond motifs is 5. The summed E-state index contributed by atoms with van der Waals surface area (Å²) in [5.41, 5.74) is 1.12. The van der Waals surface area contributed by atoms with E-state index in [-0.39, 0.29) is 46.5 Å². The third-order valence-electron chi connectivity index (χ3n) is 6.82. The van der Waals surface area contributed by atoms with Gasteiger partial charge in [0, 0.05) is 10.8 Å². The fourth-order valence-corrected chi connectivity index (χ4v) is 8.00. The molecule has 35 heavy (non-hydrogen) atoms. The average molecular weight is 522 g/mol. The number of imide groups is 1. The molecule has 0 aromatic heterocycles. The predicted octanol–water partition coefficient (Wildman–Crippen LogP) is 2.09. The van der Waals surface area contributed by atoms with Gasteiger partial charge in [-0.05, 0) is 50.7 Å². The zero-order valence-electron chi connectivity index (χ0n) is 19.5. The van der Waals surface area contributed by atoms with E-state index in [1.165, 1.54) is 30.8 Å². The molecule has 3 aliphatic rings. The smallest absolute Gasteiger partial charge is 0.333 e. The summed E-state index contributed by atoms with van der Waals surface area (Å²) < 4.78 is 36.7. The van der Waals surface area contributed by atoms with Crippen LogP contribution in [0.5, 0.6) is 0 Å². The Morgan fingerprint density at radius 2 is 1.69 bits per heavy atom. The molecule has 9 nitrogen and oxygen atoms in total. The minimum absolute atomic E-state index is 0.0474. The number of nitrogens with zero attached hydrogens (tertiary/aromatic N) is 1. The van der Waals surface area contributed by atoms with Gasteiger partial charge in [-0.1, -0.05) is 24.3 Å². The molecule has 1 aliphatic heterocycles. The molecule has 1 aromatic carbocycles. The predicted molar refractivity (Wildman–Crippen MR) is 126 cm³/mol. The molecular formula is C24H27NO8S2. The molecule has 5 unspecified atom stereocenters. The fraction of sp³-hybridized carbons (Fsp3) is 0.500. The number of ether oxygens (including phenoxy) is 2. The van der Waals surface area contributed by atoms with Gasteiger partial charge in [-0.25, -0.2) is 13.2 Å². The summed E-state index contributed by atoms with van der Waals surface area (Å²) in [6, 6.07) is 6.05. The number of amides is 2. The van der Waals surface area contributed by atoms with Crippen molar-refractivity contribution in [3.05, 3.63) is 42.0 Å². The van der Waals surface area contributed by atoms with Crippen LogP contribution in [-0.2, 0) is 38.7 Å². The first-order valence-electron chi connectivity index (χ1n) is 11.3. The van der Waals surface area contributed by atoms with Gasteiger partial charge in [-0.2, -0.15) is 4.31 Å². The van der Waals surface area contributed by atoms with Crippen LogP contribution in [0, 0.1) is 30.6 Å². The third-order valence-corrected chi connectivity index (χ3v) is 9.90. The standard InChI is InChI=1S/C24H27NO8S2/c1-13(2)24(29)33-9-8-32-19(26)12-34-18-11-15-10-17(18)21-20(15)22(27)25(23(21)28)35(30,31)16-6-4-14(3)5-7-16/h4-7,15,17-18,20-21H,1,8-12H2,2-3H3. The van der Waals surface area contributed by atoms with Crippen molar-refractivity contribution in [2.75, 3.05) is 19.0 Å². The second kappa shape index (κ2) is 9.77. The second-order valence-corrected chi connectivity index (χ2v) is 12.2. The lowest BCUT2D eigenvalue weighted by Gasteiger charge is -2.27. The van der Waals surface area contributed by atoms with Crippen molar-refractivity contribution in [3.63, 3.8) is 0 Å². The van der Waals surface area contributed by atoms with E-state index in [1.54, 1.807) is 12.1 Å². The third kappa shape index (κ3) is 4.75. The Morgan fingerprint density at radius 1 is 1.06 bits per heavy atom. The number of aryl methyl sites for hydroxylation is 1. The van der Waals surface area contributed by atoms with Crippen molar-refractivity contribution < 1.29 is 37.1 Å². The lowest BCUT2D eigenvalue weighted by molar-refractivity contribution is -0.148. The van der Waals surface area contributed by atoms with Crippen LogP contribution in [0.15, 0.2) is 41.3 Å². The number of hydrogen-bond donors (Lipinski definition) is 0. The summed E-state index contributed by atoms with van der Waals surface area (Å²) in [5.74, 6) is -3.85. The SMILES string of the molecule is C=C(C)C(=O)OCCOC(=O)CSC1CC2CC1C1C(=O)N(S(=O)(=O)c3ccc(C)cc3)C(=O)C21. The Hall–Kier alpha value is -2.66. The van der Waals surface area contributed by atoms with Crippen LogP contribution in [0.2, 0.25) is 0 Å². The maximum absolute atomic E-state index is 13.2. The van der Waals surface area contributed by atoms with Gasteiger partial charge in [0.25, 0.3) is 10.0 Å². The van der Waals surface area contributed by atoms with Crippen molar-refractivity contribution >= 4 is 45.5 Å². The number of thioether (sulfide) groups is 1. The van der Waals surface area contributed by atoms with Crippen LogP contribution in [0.25, 0.3) is 0 Å². The van der Waals surface area contributed by atoms with Crippen LogP contribution in [0.3, 0.4) is 0 Å². The monoisotopic (exact) mass is 521 g/mol. The van der Waals surface area contributed by atoms with E-state index in [2.05, 4.69) is 6.58 Å². The molecule has 11 heteroatoms. The largest absolute Gasteiger partial charge is 0.461 e. The molecular weight excluding hydrogens is 494 g/mol. The maximum Gasteiger partial charge on any atom is 0.333 e. The average Bonchev–Trinajstić information content (AvgIpc) is 3.46. The van der Waals surface area contributed by atoms with E-state index in [4.69, 9.17) is 9.47 Å². The van der Waals surface area contributed by atoms with E-state index < -0.39 is 45.6 Å². The van der Waals surface area contributed by atoms with Crippen LogP contribution in [0.1, 0.15) is 25.3 Å². The van der Waals surface area contributed by atoms with Crippen molar-refractivity contribution in [2.45, 2.75) is 36.8 Å². The molecule has 0 spiro atoms. The number of rotatable bonds is 9. The second-order valence-electron chi connectivity index (χ2n) is 9.19. The topological polar surface area (TPSA) is 124 Å². The summed E-state index contributed by atoms with van der Waals surface area (Å²) in [6.45, 7) is 6.66. The highest BCUT2D eigenvalue weighted by molar-refractivity contribution is 8.00. The summed E-state index contributed by atoms with van der Waals surface area (Å²) >= 11 is 1.36. The van der Waals surface area contributed by atoms with Gasteiger partial charge in [0.15, 0.2) is 0 Å². The summed E-state index contributed by atoms with van der Waals surface area (Å²) in [6.07, 6.45) is 1.30. The highest BCUT2D eigenvalue weighted by atomic mass is 32.2. The molecule has 2 aliphatic carbocycles. The number of carbonyl (C=O) groups is 4. The molecule has 2 saturated carbocycles. The van der Waals surface area contributed by atoms with Gasteiger partial charge in [0.05, 0.1) is 22.5 Å². The molecule has 0 N–H and O–H groups in total. The number of esters is 2. The Labute approximate surface area is 208 Å². The number of benzene rings is 1. The first-order chi connectivity index (χ1) is 16.5. The Balaban J connectivity index is 1.35. The van der Waals surface area contributed by atoms with Gasteiger partial charge in [0.1, 0.15) is 13.2 Å². The van der Waals surface area contributed by atoms with E-state index in [9.17, 15) is 27.6 Å². The van der Waals surface area contributed by atoms with Crippen LogP contribution < -0.4 is 0 Å². The zero-order chi connectivity index (χ0) is 25.5. The lowest BCUT2D eigenvalue weighted by Crippen LogP contribution is -2.38. The maximum atomic E-state index is 13.2.